The Morgan fingerprint density at radius 3 is 2.24 bits per heavy atom. The van der Waals surface area contributed by atoms with Gasteiger partial charge in [-0.3, -0.25) is 24.0 Å². The van der Waals surface area contributed by atoms with Gasteiger partial charge < -0.3 is 41.1 Å². The van der Waals surface area contributed by atoms with E-state index in [0.717, 1.165) is 19.3 Å². The van der Waals surface area contributed by atoms with Crippen LogP contribution in [0.1, 0.15) is 83.7 Å². The fraction of sp³-hybridized carbons (Fsp3) is 0.618. The number of alkyl carbamates (subject to hydrolysis) is 1. The van der Waals surface area contributed by atoms with E-state index in [0.29, 0.717) is 24.8 Å². The Morgan fingerprint density at radius 2 is 1.63 bits per heavy atom. The number of carboxylic acids is 1. The summed E-state index contributed by atoms with van der Waals surface area (Å²) < 4.78 is 5.27. The molecule has 1 aromatic rings. The molecular weight excluding hydrogens is 638 g/mol. The molecule has 270 valence electrons. The molecule has 1 saturated carbocycles. The van der Waals surface area contributed by atoms with Gasteiger partial charge in [0, 0.05) is 13.0 Å². The van der Waals surface area contributed by atoms with Gasteiger partial charge in [-0.25, -0.2) is 9.59 Å². The number of aliphatic hydroxyl groups is 1. The lowest BCUT2D eigenvalue weighted by Gasteiger charge is -2.34. The summed E-state index contributed by atoms with van der Waals surface area (Å²) >= 11 is 0. The molecule has 15 nitrogen and oxygen atoms in total. The average molecular weight is 688 g/mol. The van der Waals surface area contributed by atoms with Crippen LogP contribution in [0.25, 0.3) is 0 Å². The normalized spacial score (nSPS) is 19.7. The van der Waals surface area contributed by atoms with Gasteiger partial charge in [0.1, 0.15) is 12.1 Å². The molecule has 0 spiro atoms. The van der Waals surface area contributed by atoms with Crippen molar-refractivity contribution in [2.45, 2.75) is 102 Å². The Morgan fingerprint density at radius 1 is 0.959 bits per heavy atom. The standard InChI is InChI=1S/C34H49N5O10/c1-4-11-24(29(42)31(44)35-17-26(41)37-28(33(46)47)22-14-9-6-10-15-22)36-30(43)25-16-23(40)18-39(25)32(45)27(21-12-7-5-8-13-21)38-34(48)49-19-20(2)3/h6,9-10,14-15,20-21,23-25,27-28,40H,4-5,7-8,11-13,16-19H2,1-3H3,(H,35,44)(H,36,43)(H,37,41)(H,38,48)(H,46,47)/t23-,24?,25+,27+,28+/m1/s1. The Kier molecular flexibility index (Phi) is 15.0. The van der Waals surface area contributed by atoms with Crippen molar-refractivity contribution >= 4 is 41.5 Å². The van der Waals surface area contributed by atoms with Gasteiger partial charge in [0.2, 0.25) is 23.5 Å². The summed E-state index contributed by atoms with van der Waals surface area (Å²) in [4.78, 5) is 91.4. The third kappa shape index (κ3) is 11.5. The van der Waals surface area contributed by atoms with E-state index in [4.69, 9.17) is 4.74 Å². The molecule has 49 heavy (non-hydrogen) atoms. The number of amides is 5. The van der Waals surface area contributed by atoms with E-state index in [-0.39, 0.29) is 37.8 Å². The lowest BCUT2D eigenvalue weighted by molar-refractivity contribution is -0.144. The second-order valence-electron chi connectivity index (χ2n) is 13.1. The molecule has 1 unspecified atom stereocenters. The lowest BCUT2D eigenvalue weighted by atomic mass is 9.83. The molecule has 5 amide bonds. The first-order valence-electron chi connectivity index (χ1n) is 16.9. The van der Waals surface area contributed by atoms with E-state index in [9.17, 15) is 43.8 Å². The number of β-amino-alcohol motifs (C(OH)–C–C–N with tert-alkyl or cyclic N) is 1. The largest absolute Gasteiger partial charge is 0.479 e. The zero-order chi connectivity index (χ0) is 36.1. The highest BCUT2D eigenvalue weighted by molar-refractivity contribution is 6.38. The number of nitrogens with zero attached hydrogens (tertiary/aromatic N) is 1. The van der Waals surface area contributed by atoms with Crippen LogP contribution in [0.4, 0.5) is 4.79 Å². The number of ketones is 1. The molecule has 6 N–H and O–H groups in total. The first kappa shape index (κ1) is 38.9. The highest BCUT2D eigenvalue weighted by atomic mass is 16.5. The number of nitrogens with one attached hydrogen (secondary N) is 4. The summed E-state index contributed by atoms with van der Waals surface area (Å²) in [6, 6.07) is 3.12. The van der Waals surface area contributed by atoms with E-state index in [1.807, 2.05) is 13.8 Å². The van der Waals surface area contributed by atoms with Crippen LogP contribution in [0, 0.1) is 11.8 Å². The predicted octanol–water partition coefficient (Wildman–Crippen LogP) is 1.19. The van der Waals surface area contributed by atoms with Crippen molar-refractivity contribution in [2.75, 3.05) is 19.7 Å². The fourth-order valence-corrected chi connectivity index (χ4v) is 6.12. The third-order valence-corrected chi connectivity index (χ3v) is 8.60. The van der Waals surface area contributed by atoms with Crippen molar-refractivity contribution in [3.63, 3.8) is 0 Å². The summed E-state index contributed by atoms with van der Waals surface area (Å²) in [7, 11) is 0. The minimum absolute atomic E-state index is 0.0659. The summed E-state index contributed by atoms with van der Waals surface area (Å²) in [5.41, 5.74) is 0.313. The summed E-state index contributed by atoms with van der Waals surface area (Å²) in [5.74, 6) is -5.77. The highest BCUT2D eigenvalue weighted by Gasteiger charge is 2.44. The number of benzene rings is 1. The number of carbonyl (C=O) groups is 7. The van der Waals surface area contributed by atoms with Crippen LogP contribution in [0.15, 0.2) is 30.3 Å². The maximum absolute atomic E-state index is 13.9. The maximum Gasteiger partial charge on any atom is 0.407 e. The van der Waals surface area contributed by atoms with Gasteiger partial charge in [-0.1, -0.05) is 76.8 Å². The van der Waals surface area contributed by atoms with Crippen LogP contribution in [0.3, 0.4) is 0 Å². The highest BCUT2D eigenvalue weighted by Crippen LogP contribution is 2.29. The van der Waals surface area contributed by atoms with E-state index in [1.165, 1.54) is 17.0 Å². The van der Waals surface area contributed by atoms with E-state index in [2.05, 4.69) is 21.3 Å². The number of hydrogen-bond donors (Lipinski definition) is 6. The van der Waals surface area contributed by atoms with E-state index in [1.54, 1.807) is 25.1 Å². The molecule has 1 aromatic carbocycles. The number of Topliss-reactive ketones (excluding diaryl/α,β-unsaturated/α-hetero) is 1. The van der Waals surface area contributed by atoms with Crippen molar-refractivity contribution in [3.05, 3.63) is 35.9 Å². The monoisotopic (exact) mass is 687 g/mol. The van der Waals surface area contributed by atoms with Gasteiger partial charge in [-0.05, 0) is 36.7 Å². The summed E-state index contributed by atoms with van der Waals surface area (Å²) in [6.07, 6.45) is 2.71. The van der Waals surface area contributed by atoms with Crippen molar-refractivity contribution in [1.82, 2.24) is 26.2 Å². The minimum atomic E-state index is -1.38. The van der Waals surface area contributed by atoms with Crippen LogP contribution in [0.5, 0.6) is 0 Å². The zero-order valence-electron chi connectivity index (χ0n) is 28.3. The lowest BCUT2D eigenvalue weighted by Crippen LogP contribution is -2.58. The molecule has 0 radical (unpaired) electrons. The molecular formula is C34H49N5O10. The first-order chi connectivity index (χ1) is 23.3. The van der Waals surface area contributed by atoms with Gasteiger partial charge in [0.05, 0.1) is 25.3 Å². The van der Waals surface area contributed by atoms with Crippen molar-refractivity contribution < 1.29 is 48.5 Å². The van der Waals surface area contributed by atoms with Crippen LogP contribution >= 0.6 is 0 Å². The Bertz CT molecular complexity index is 1330. The van der Waals surface area contributed by atoms with Crippen LogP contribution in [-0.4, -0.2) is 101 Å². The van der Waals surface area contributed by atoms with Gasteiger partial charge in [-0.15, -0.1) is 0 Å². The summed E-state index contributed by atoms with van der Waals surface area (Å²) in [5, 5.41) is 29.8. The Labute approximate surface area is 285 Å². The molecule has 3 rings (SSSR count). The van der Waals surface area contributed by atoms with Crippen LogP contribution < -0.4 is 21.3 Å². The minimum Gasteiger partial charge on any atom is -0.479 e. The number of aliphatic hydroxyl groups excluding tert-OH is 1. The quantitative estimate of drug-likeness (QED) is 0.136. The summed E-state index contributed by atoms with van der Waals surface area (Å²) in [6.45, 7) is 4.80. The van der Waals surface area contributed by atoms with Crippen molar-refractivity contribution in [3.8, 4) is 0 Å². The molecule has 1 saturated heterocycles. The molecule has 2 aliphatic rings. The van der Waals surface area contributed by atoms with Crippen molar-refractivity contribution in [2.24, 2.45) is 11.8 Å². The Hall–Kier alpha value is -4.53. The smallest absolute Gasteiger partial charge is 0.407 e. The molecule has 15 heteroatoms. The topological polar surface area (TPSA) is 221 Å². The fourth-order valence-electron chi connectivity index (χ4n) is 6.12. The van der Waals surface area contributed by atoms with Gasteiger partial charge in [-0.2, -0.15) is 0 Å². The number of hydrogen-bond acceptors (Lipinski definition) is 9. The average Bonchev–Trinajstić information content (AvgIpc) is 3.49. The van der Waals surface area contributed by atoms with Crippen molar-refractivity contribution in [1.29, 1.82) is 0 Å². The Balaban J connectivity index is 1.66. The third-order valence-electron chi connectivity index (χ3n) is 8.60. The number of rotatable bonds is 16. The SMILES string of the molecule is CCCC(NC(=O)[C@@H]1C[C@@H](O)CN1C(=O)[C@@H](NC(=O)OCC(C)C)C1CCCCC1)C(=O)C(=O)NCC(=O)N[C@H](C(=O)O)c1ccccc1. The van der Waals surface area contributed by atoms with Gasteiger partial charge in [0.15, 0.2) is 6.04 Å². The molecule has 0 bridgehead atoms. The van der Waals surface area contributed by atoms with Gasteiger partial charge >= 0.3 is 12.1 Å². The predicted molar refractivity (Wildman–Crippen MR) is 176 cm³/mol. The number of ether oxygens (including phenoxy) is 1. The second kappa shape index (κ2) is 18.9. The van der Waals surface area contributed by atoms with E-state index >= 15 is 0 Å². The molecule has 2 fully saturated rings. The van der Waals surface area contributed by atoms with E-state index < -0.39 is 78.3 Å². The van der Waals surface area contributed by atoms with Crippen LogP contribution in [0.2, 0.25) is 0 Å². The number of likely N-dealkylation sites (tertiary alicyclic amines) is 1. The maximum atomic E-state index is 13.9. The number of aliphatic carboxylic acids is 1. The second-order valence-corrected chi connectivity index (χ2v) is 13.1. The van der Waals surface area contributed by atoms with Gasteiger partial charge in [0.25, 0.3) is 5.91 Å². The van der Waals surface area contributed by atoms with Crippen LogP contribution in [-0.2, 0) is 33.5 Å². The first-order valence-corrected chi connectivity index (χ1v) is 16.9. The molecule has 5 atom stereocenters. The molecule has 1 heterocycles. The number of carboxylic acid groups (broad SMARTS) is 1. The molecule has 0 aromatic heterocycles. The number of carbonyl (C=O) groups excluding carboxylic acids is 6. The zero-order valence-corrected chi connectivity index (χ0v) is 28.3. The molecule has 1 aliphatic carbocycles. The molecule has 1 aliphatic heterocycles.